The van der Waals surface area contributed by atoms with Gasteiger partial charge in [0.15, 0.2) is 11.5 Å². The number of methoxy groups -OCH3 is 1. The van der Waals surface area contributed by atoms with Gasteiger partial charge in [-0.3, -0.25) is 4.79 Å². The summed E-state index contributed by atoms with van der Waals surface area (Å²) < 4.78 is 15.9. The first-order valence-electron chi connectivity index (χ1n) is 8.08. The number of carbonyl (C=O) groups excluding carboxylic acids is 2. The van der Waals surface area contributed by atoms with Crippen molar-refractivity contribution in [3.8, 4) is 11.5 Å². The highest BCUT2D eigenvalue weighted by Gasteiger charge is 2.19. The van der Waals surface area contributed by atoms with Crippen LogP contribution in [0.15, 0.2) is 23.6 Å². The summed E-state index contributed by atoms with van der Waals surface area (Å²) in [5.74, 6) is -0.111. The molecule has 2 rings (SSSR count). The van der Waals surface area contributed by atoms with E-state index in [9.17, 15) is 9.59 Å². The van der Waals surface area contributed by atoms with Gasteiger partial charge in [0.05, 0.1) is 31.0 Å². The van der Waals surface area contributed by atoms with Gasteiger partial charge in [-0.2, -0.15) is 0 Å². The van der Waals surface area contributed by atoms with Gasteiger partial charge in [-0.15, -0.1) is 11.3 Å². The lowest BCUT2D eigenvalue weighted by molar-refractivity contribution is 0.0607. The zero-order valence-corrected chi connectivity index (χ0v) is 16.3. The molecule has 1 amide bonds. The number of hydrogen-bond acceptors (Lipinski definition) is 6. The van der Waals surface area contributed by atoms with E-state index in [0.29, 0.717) is 40.8 Å². The van der Waals surface area contributed by atoms with Crippen molar-refractivity contribution in [2.75, 3.05) is 25.6 Å². The van der Waals surface area contributed by atoms with Crippen molar-refractivity contribution >= 4 is 40.5 Å². The third-order valence-electron chi connectivity index (χ3n) is 3.31. The maximum absolute atomic E-state index is 12.6. The number of halogens is 1. The molecule has 2 aromatic rings. The smallest absolute Gasteiger partial charge is 0.350 e. The van der Waals surface area contributed by atoms with Crippen LogP contribution < -0.4 is 14.8 Å². The van der Waals surface area contributed by atoms with Crippen LogP contribution in [0.3, 0.4) is 0 Å². The van der Waals surface area contributed by atoms with E-state index < -0.39 is 11.9 Å². The molecule has 0 aliphatic heterocycles. The Morgan fingerprint density at radius 3 is 2.65 bits per heavy atom. The first-order chi connectivity index (χ1) is 12.5. The van der Waals surface area contributed by atoms with Gasteiger partial charge in [-0.1, -0.05) is 18.5 Å². The second-order valence-electron chi connectivity index (χ2n) is 5.18. The van der Waals surface area contributed by atoms with Crippen LogP contribution in [0.25, 0.3) is 0 Å². The fourth-order valence-electron chi connectivity index (χ4n) is 2.16. The molecule has 0 aliphatic rings. The molecule has 1 heterocycles. The summed E-state index contributed by atoms with van der Waals surface area (Å²) >= 11 is 7.46. The van der Waals surface area contributed by atoms with Crippen molar-refractivity contribution < 1.29 is 23.8 Å². The first-order valence-corrected chi connectivity index (χ1v) is 9.33. The van der Waals surface area contributed by atoms with Crippen molar-refractivity contribution in [1.82, 2.24) is 0 Å². The van der Waals surface area contributed by atoms with Crippen LogP contribution in [0, 0.1) is 0 Å². The minimum absolute atomic E-state index is 0.285. The topological polar surface area (TPSA) is 73.9 Å². The third-order valence-corrected chi connectivity index (χ3v) is 4.48. The summed E-state index contributed by atoms with van der Waals surface area (Å²) in [6.07, 6.45) is 0.818. The van der Waals surface area contributed by atoms with Crippen LogP contribution in [-0.4, -0.2) is 32.2 Å². The van der Waals surface area contributed by atoms with Crippen molar-refractivity contribution in [3.05, 3.63) is 39.0 Å². The molecule has 0 aliphatic carbocycles. The number of ether oxygens (including phenoxy) is 3. The van der Waals surface area contributed by atoms with Crippen molar-refractivity contribution in [3.63, 3.8) is 0 Å². The summed E-state index contributed by atoms with van der Waals surface area (Å²) in [5.41, 5.74) is 0.677. The Hall–Kier alpha value is -2.25. The Bertz CT molecular complexity index is 790. The molecule has 6 nitrogen and oxygen atoms in total. The van der Waals surface area contributed by atoms with Crippen LogP contribution >= 0.6 is 22.9 Å². The Morgan fingerprint density at radius 2 is 2.00 bits per heavy atom. The van der Waals surface area contributed by atoms with Crippen molar-refractivity contribution in [2.24, 2.45) is 0 Å². The lowest BCUT2D eigenvalue weighted by Crippen LogP contribution is -2.14. The number of anilines is 1. The molecule has 0 spiro atoms. The number of nitrogens with one attached hydrogen (secondary N) is 1. The molecule has 8 heteroatoms. The van der Waals surface area contributed by atoms with Gasteiger partial charge in [0, 0.05) is 5.56 Å². The molecule has 0 saturated heterocycles. The number of rotatable bonds is 8. The number of hydrogen-bond donors (Lipinski definition) is 1. The van der Waals surface area contributed by atoms with E-state index in [-0.39, 0.29) is 5.02 Å². The van der Waals surface area contributed by atoms with Crippen LogP contribution in [0.1, 0.15) is 40.3 Å². The van der Waals surface area contributed by atoms with E-state index >= 15 is 0 Å². The quantitative estimate of drug-likeness (QED) is 0.657. The summed E-state index contributed by atoms with van der Waals surface area (Å²) in [6.45, 7) is 4.71. The van der Waals surface area contributed by atoms with Gasteiger partial charge in [0.1, 0.15) is 4.88 Å². The molecule has 140 valence electrons. The first kappa shape index (κ1) is 20.1. The maximum Gasteiger partial charge on any atom is 0.350 e. The number of benzene rings is 1. The molecule has 0 saturated carbocycles. The monoisotopic (exact) mass is 397 g/mol. The molecule has 0 bridgehead atoms. The molecule has 26 heavy (non-hydrogen) atoms. The lowest BCUT2D eigenvalue weighted by atomic mass is 10.1. The number of thiophene rings is 1. The molecule has 0 radical (unpaired) electrons. The Kier molecular flexibility index (Phi) is 7.29. The second kappa shape index (κ2) is 9.45. The average molecular weight is 398 g/mol. The molecular formula is C18H20ClNO5S. The maximum atomic E-state index is 12.6. The Morgan fingerprint density at radius 1 is 1.23 bits per heavy atom. The van der Waals surface area contributed by atoms with Crippen LogP contribution in [0.2, 0.25) is 5.02 Å². The normalized spacial score (nSPS) is 10.3. The average Bonchev–Trinajstić information content (AvgIpc) is 3.08. The van der Waals surface area contributed by atoms with Gasteiger partial charge in [-0.05, 0) is 36.9 Å². The molecule has 1 N–H and O–H groups in total. The van der Waals surface area contributed by atoms with Crippen LogP contribution in [0.4, 0.5) is 5.69 Å². The second-order valence-corrected chi connectivity index (χ2v) is 6.50. The molecule has 0 atom stereocenters. The number of amides is 1. The highest BCUT2D eigenvalue weighted by molar-refractivity contribution is 7.12. The summed E-state index contributed by atoms with van der Waals surface area (Å²) in [6, 6.07) is 4.72. The zero-order chi connectivity index (χ0) is 19.1. The summed E-state index contributed by atoms with van der Waals surface area (Å²) in [7, 11) is 1.29. The van der Waals surface area contributed by atoms with E-state index in [1.807, 2.05) is 13.8 Å². The predicted octanol–water partition coefficient (Wildman–Crippen LogP) is 4.63. The molecule has 0 unspecified atom stereocenters. The molecule has 0 fully saturated rings. The fourth-order valence-corrected chi connectivity index (χ4v) is 3.19. The summed E-state index contributed by atoms with van der Waals surface area (Å²) in [4.78, 5) is 24.6. The molecular weight excluding hydrogens is 378 g/mol. The van der Waals surface area contributed by atoms with E-state index in [1.54, 1.807) is 17.5 Å². The Labute approximate surface area is 161 Å². The van der Waals surface area contributed by atoms with Crippen LogP contribution in [-0.2, 0) is 4.74 Å². The number of esters is 1. The lowest BCUT2D eigenvalue weighted by Gasteiger charge is -2.15. The van der Waals surface area contributed by atoms with Crippen molar-refractivity contribution in [2.45, 2.75) is 20.3 Å². The minimum Gasteiger partial charge on any atom is -0.490 e. The van der Waals surface area contributed by atoms with Gasteiger partial charge >= 0.3 is 5.97 Å². The molecule has 1 aromatic carbocycles. The van der Waals surface area contributed by atoms with E-state index in [2.05, 4.69) is 5.32 Å². The Balaban J connectivity index is 2.29. The van der Waals surface area contributed by atoms with Crippen molar-refractivity contribution in [1.29, 1.82) is 0 Å². The molecule has 1 aromatic heterocycles. The van der Waals surface area contributed by atoms with E-state index in [4.69, 9.17) is 25.8 Å². The third kappa shape index (κ3) is 4.68. The minimum atomic E-state index is -0.508. The largest absolute Gasteiger partial charge is 0.490 e. The zero-order valence-electron chi connectivity index (χ0n) is 14.8. The highest BCUT2D eigenvalue weighted by Crippen LogP contribution is 2.37. The van der Waals surface area contributed by atoms with E-state index in [0.717, 1.165) is 6.42 Å². The van der Waals surface area contributed by atoms with Gasteiger partial charge in [0.25, 0.3) is 5.91 Å². The predicted molar refractivity (Wildman–Crippen MR) is 102 cm³/mol. The van der Waals surface area contributed by atoms with Gasteiger partial charge in [0.2, 0.25) is 0 Å². The number of carbonyl (C=O) groups is 2. The standard InChI is InChI=1S/C18H20ClNO5S/c1-4-7-25-15-12(19)9-11(10-14(15)24-5-2)17(21)20-13-6-8-26-16(13)18(22)23-3/h6,8-10H,4-5,7H2,1-3H3,(H,20,21). The fraction of sp³-hybridized carbons (Fsp3) is 0.333. The summed E-state index contributed by atoms with van der Waals surface area (Å²) in [5, 5.41) is 4.68. The van der Waals surface area contributed by atoms with Gasteiger partial charge in [-0.25, -0.2) is 4.79 Å². The SMILES string of the molecule is CCCOc1c(Cl)cc(C(=O)Nc2ccsc2C(=O)OC)cc1OCC. The highest BCUT2D eigenvalue weighted by atomic mass is 35.5. The van der Waals surface area contributed by atoms with Crippen LogP contribution in [0.5, 0.6) is 11.5 Å². The van der Waals surface area contributed by atoms with E-state index in [1.165, 1.54) is 24.5 Å². The van der Waals surface area contributed by atoms with Gasteiger partial charge < -0.3 is 19.5 Å².